The molecule has 0 aliphatic carbocycles. The van der Waals surface area contributed by atoms with Crippen molar-refractivity contribution in [2.24, 2.45) is 0 Å². The summed E-state index contributed by atoms with van der Waals surface area (Å²) in [4.78, 5) is 5.03. The molecule has 0 bridgehead atoms. The average molecular weight is 378 g/mol. The topological polar surface area (TPSA) is 52.4 Å². The minimum Gasteiger partial charge on any atom is -0.617 e. The molecule has 138 valence electrons. The summed E-state index contributed by atoms with van der Waals surface area (Å²) in [5.74, 6) is 1.69. The third kappa shape index (κ3) is 3.53. The predicted octanol–water partition coefficient (Wildman–Crippen LogP) is 4.64. The van der Waals surface area contributed by atoms with Crippen molar-refractivity contribution in [1.82, 2.24) is 9.38 Å². The molecule has 0 radical (unpaired) electrons. The van der Waals surface area contributed by atoms with Crippen LogP contribution in [0.15, 0.2) is 60.8 Å². The minimum atomic E-state index is -0.767. The molecule has 0 aliphatic heterocycles. The molecule has 2 aromatic carbocycles. The Morgan fingerprint density at radius 3 is 2.67 bits per heavy atom. The number of benzene rings is 2. The molecule has 0 aliphatic rings. The summed E-state index contributed by atoms with van der Waals surface area (Å²) in [6.45, 7) is 2.88. The highest BCUT2D eigenvalue weighted by Gasteiger charge is 2.17. The molecule has 4 aromatic rings. The second-order valence-corrected chi connectivity index (χ2v) is 8.33. The van der Waals surface area contributed by atoms with E-state index < -0.39 is 11.2 Å². The minimum absolute atomic E-state index is 0.701. The number of nitrogens with zero attached hydrogens (tertiary/aromatic N) is 2. The Labute approximate surface area is 162 Å². The lowest BCUT2D eigenvalue weighted by Gasteiger charge is -2.11. The highest BCUT2D eigenvalue weighted by atomic mass is 32.2. The fourth-order valence-electron chi connectivity index (χ4n) is 3.45. The molecule has 2 aromatic heterocycles. The summed E-state index contributed by atoms with van der Waals surface area (Å²) in [7, 11) is 0. The smallest absolute Gasteiger partial charge is 0.147 e. The predicted molar refractivity (Wildman–Crippen MR) is 115 cm³/mol. The van der Waals surface area contributed by atoms with Crippen LogP contribution in [0.1, 0.15) is 12.0 Å². The van der Waals surface area contributed by atoms with Crippen molar-refractivity contribution in [1.29, 1.82) is 0 Å². The van der Waals surface area contributed by atoms with Gasteiger partial charge >= 0.3 is 0 Å². The molecular formula is C22H23N3OS. The highest BCUT2D eigenvalue weighted by Crippen LogP contribution is 2.33. The molecule has 4 nitrogen and oxygen atoms in total. The monoisotopic (exact) mass is 377 g/mol. The number of fused-ring (bicyclic) bond motifs is 3. The second kappa shape index (κ2) is 7.62. The molecule has 2 heterocycles. The first-order valence-corrected chi connectivity index (χ1v) is 10.9. The lowest BCUT2D eigenvalue weighted by Crippen LogP contribution is -2.11. The van der Waals surface area contributed by atoms with Gasteiger partial charge in [-0.1, -0.05) is 59.7 Å². The van der Waals surface area contributed by atoms with E-state index in [2.05, 4.69) is 59.2 Å². The van der Waals surface area contributed by atoms with Crippen molar-refractivity contribution in [3.63, 3.8) is 0 Å². The van der Waals surface area contributed by atoms with Crippen molar-refractivity contribution >= 4 is 33.4 Å². The number of pyridine rings is 1. The first-order chi connectivity index (χ1) is 13.1. The van der Waals surface area contributed by atoms with E-state index in [1.165, 1.54) is 10.9 Å². The van der Waals surface area contributed by atoms with E-state index in [1.54, 1.807) is 6.26 Å². The van der Waals surface area contributed by atoms with Gasteiger partial charge in [-0.05, 0) is 23.9 Å². The summed E-state index contributed by atoms with van der Waals surface area (Å²) in [5, 5.41) is 5.86. The number of anilines is 1. The van der Waals surface area contributed by atoms with Gasteiger partial charge in [-0.25, -0.2) is 4.98 Å². The maximum atomic E-state index is 11.4. The third-order valence-corrected chi connectivity index (χ3v) is 5.68. The van der Waals surface area contributed by atoms with E-state index in [4.69, 9.17) is 4.98 Å². The van der Waals surface area contributed by atoms with Crippen LogP contribution in [0.5, 0.6) is 0 Å². The fraction of sp³-hybridized carbons (Fsp3) is 0.227. The molecule has 4 rings (SSSR count). The number of aromatic nitrogens is 2. The first kappa shape index (κ1) is 17.9. The zero-order chi connectivity index (χ0) is 18.8. The van der Waals surface area contributed by atoms with Gasteiger partial charge in [0.1, 0.15) is 22.9 Å². The first-order valence-electron chi connectivity index (χ1n) is 9.15. The van der Waals surface area contributed by atoms with Crippen LogP contribution in [0.4, 0.5) is 5.82 Å². The van der Waals surface area contributed by atoms with E-state index in [9.17, 15) is 4.55 Å². The van der Waals surface area contributed by atoms with Gasteiger partial charge in [0.2, 0.25) is 0 Å². The van der Waals surface area contributed by atoms with Crippen LogP contribution in [0.3, 0.4) is 0 Å². The van der Waals surface area contributed by atoms with Gasteiger partial charge in [0.25, 0.3) is 0 Å². The molecule has 1 atom stereocenters. The van der Waals surface area contributed by atoms with Gasteiger partial charge in [0.05, 0.1) is 6.26 Å². The maximum absolute atomic E-state index is 11.4. The molecule has 27 heavy (non-hydrogen) atoms. The van der Waals surface area contributed by atoms with Crippen molar-refractivity contribution in [3.05, 3.63) is 66.4 Å². The molecule has 0 saturated carbocycles. The second-order valence-electron chi connectivity index (χ2n) is 6.78. The van der Waals surface area contributed by atoms with Crippen LogP contribution >= 0.6 is 0 Å². The summed E-state index contributed by atoms with van der Waals surface area (Å²) in [6.07, 6.45) is 4.68. The molecule has 5 heteroatoms. The summed E-state index contributed by atoms with van der Waals surface area (Å²) < 4.78 is 13.5. The highest BCUT2D eigenvalue weighted by molar-refractivity contribution is 7.90. The summed E-state index contributed by atoms with van der Waals surface area (Å²) in [5.41, 5.74) is 4.24. The van der Waals surface area contributed by atoms with Crippen LogP contribution in [0, 0.1) is 6.92 Å². The van der Waals surface area contributed by atoms with Crippen LogP contribution in [-0.4, -0.2) is 32.5 Å². The number of imidazole rings is 1. The maximum Gasteiger partial charge on any atom is 0.147 e. The Morgan fingerprint density at radius 1 is 1.07 bits per heavy atom. The zero-order valence-electron chi connectivity index (χ0n) is 15.6. The molecule has 0 amide bonds. The van der Waals surface area contributed by atoms with Gasteiger partial charge in [-0.2, -0.15) is 0 Å². The lowest BCUT2D eigenvalue weighted by atomic mass is 10.1. The fourth-order valence-corrected chi connectivity index (χ4v) is 4.00. The number of aryl methyl sites for hydroxylation is 1. The number of hydrogen-bond donors (Lipinski definition) is 1. The zero-order valence-corrected chi connectivity index (χ0v) is 16.4. The Hall–Kier alpha value is -2.50. The van der Waals surface area contributed by atoms with Crippen molar-refractivity contribution in [2.45, 2.75) is 13.3 Å². The van der Waals surface area contributed by atoms with E-state index in [-0.39, 0.29) is 0 Å². The van der Waals surface area contributed by atoms with Crippen LogP contribution < -0.4 is 5.32 Å². The number of nitrogens with one attached hydrogen (secondary N) is 1. The lowest BCUT2D eigenvalue weighted by molar-refractivity contribution is 0.599. The van der Waals surface area contributed by atoms with E-state index in [0.29, 0.717) is 5.75 Å². The number of hydrogen-bond acceptors (Lipinski definition) is 3. The van der Waals surface area contributed by atoms with Crippen LogP contribution in [0.25, 0.3) is 27.7 Å². The largest absolute Gasteiger partial charge is 0.617 e. The number of rotatable bonds is 6. The Morgan fingerprint density at radius 2 is 1.85 bits per heavy atom. The van der Waals surface area contributed by atoms with Crippen molar-refractivity contribution < 1.29 is 4.55 Å². The van der Waals surface area contributed by atoms with Gasteiger partial charge in [0.15, 0.2) is 0 Å². The van der Waals surface area contributed by atoms with Crippen molar-refractivity contribution in [3.8, 4) is 11.3 Å². The molecule has 0 spiro atoms. The third-order valence-electron chi connectivity index (χ3n) is 4.82. The molecule has 1 N–H and O–H groups in total. The molecular weight excluding hydrogens is 354 g/mol. The Kier molecular flexibility index (Phi) is 5.05. The Bertz CT molecular complexity index is 1090. The van der Waals surface area contributed by atoms with Gasteiger partial charge in [-0.15, -0.1) is 0 Å². The summed E-state index contributed by atoms with van der Waals surface area (Å²) in [6, 6.07) is 18.8. The summed E-state index contributed by atoms with van der Waals surface area (Å²) >= 11 is -0.767. The standard InChI is InChI=1S/C22H23N3OS/c1-16-8-3-5-10-18(16)20-22(23-13-7-15-27(2)26)25-14-12-17-9-4-6-11-19(17)21(25)24-20/h3-6,8-12,14,23H,7,13,15H2,1-2H3. The molecule has 1 unspecified atom stereocenters. The Balaban J connectivity index is 1.85. The SMILES string of the molecule is Cc1ccccc1-c1nc2c3ccccc3ccn2c1NCCC[S+](C)[O-]. The van der Waals surface area contributed by atoms with E-state index in [1.807, 2.05) is 18.2 Å². The van der Waals surface area contributed by atoms with Gasteiger partial charge in [0, 0.05) is 30.1 Å². The van der Waals surface area contributed by atoms with E-state index >= 15 is 0 Å². The molecule has 0 saturated heterocycles. The van der Waals surface area contributed by atoms with E-state index in [0.717, 1.165) is 41.1 Å². The normalized spacial score (nSPS) is 12.6. The molecule has 0 fully saturated rings. The van der Waals surface area contributed by atoms with Gasteiger partial charge in [-0.3, -0.25) is 4.40 Å². The van der Waals surface area contributed by atoms with Gasteiger partial charge < -0.3 is 9.87 Å². The quantitative estimate of drug-likeness (QED) is 0.393. The van der Waals surface area contributed by atoms with Crippen molar-refractivity contribution in [2.75, 3.05) is 23.9 Å². The van der Waals surface area contributed by atoms with Crippen LogP contribution in [-0.2, 0) is 11.2 Å². The van der Waals surface area contributed by atoms with Crippen LogP contribution in [0.2, 0.25) is 0 Å². The average Bonchev–Trinajstić information content (AvgIpc) is 3.04.